The van der Waals surface area contributed by atoms with Gasteiger partial charge in [0.2, 0.25) is 0 Å². The van der Waals surface area contributed by atoms with Crippen molar-refractivity contribution in [2.45, 2.75) is 82.9 Å². The molecule has 4 aliphatic rings. The number of aliphatic hydroxyl groups is 4. The average molecular weight is 372 g/mol. The molecule has 1 unspecified atom stereocenters. The number of hydrogen-bond acceptors (Lipinski definition) is 5. The Hall–Kier alpha value is -0.490. The first-order chi connectivity index (χ1) is 14.0. The summed E-state index contributed by atoms with van der Waals surface area (Å²) in [5.41, 5.74) is -3.77. The van der Waals surface area contributed by atoms with Crippen molar-refractivity contribution in [1.29, 1.82) is 0 Å². The molecule has 4 aliphatic carbocycles. The summed E-state index contributed by atoms with van der Waals surface area (Å²) in [5, 5.41) is 41.9. The Labute approximate surface area is 162 Å². The molecule has 0 aliphatic heterocycles. The SMILES string of the molecule is [2H]C(O)[C@@H](O)[C@@]1(O)CC[C@H]2[C@@H]3CC[C@@H]4C([2H])([2H])[C@H](O)C([2H])([2H])C[C@]4(C)[C@H]3C(=O)C[C@@]21C. The van der Waals surface area contributed by atoms with Crippen molar-refractivity contribution < 1.29 is 32.1 Å². The lowest BCUT2D eigenvalue weighted by Gasteiger charge is -2.60. The highest BCUT2D eigenvalue weighted by Gasteiger charge is 2.68. The van der Waals surface area contributed by atoms with Crippen LogP contribution in [0.2, 0.25) is 0 Å². The largest absolute Gasteiger partial charge is 0.394 e. The Morgan fingerprint density at radius 1 is 1.31 bits per heavy atom. The molecular formula is C21H34O5. The van der Waals surface area contributed by atoms with Crippen LogP contribution in [-0.2, 0) is 4.79 Å². The molecule has 5 nitrogen and oxygen atoms in total. The summed E-state index contributed by atoms with van der Waals surface area (Å²) in [5.74, 6) is -1.82. The van der Waals surface area contributed by atoms with Gasteiger partial charge in [-0.3, -0.25) is 4.79 Å². The third-order valence-corrected chi connectivity index (χ3v) is 8.44. The van der Waals surface area contributed by atoms with E-state index in [9.17, 15) is 25.2 Å². The third-order valence-electron chi connectivity index (χ3n) is 8.44. The highest BCUT2D eigenvalue weighted by molar-refractivity contribution is 5.84. The van der Waals surface area contributed by atoms with E-state index >= 15 is 0 Å². The van der Waals surface area contributed by atoms with Crippen LogP contribution in [0.4, 0.5) is 0 Å². The first-order valence-electron chi connectivity index (χ1n) is 12.3. The number of ketones is 1. The van der Waals surface area contributed by atoms with Crippen LogP contribution < -0.4 is 0 Å². The zero-order valence-corrected chi connectivity index (χ0v) is 15.5. The van der Waals surface area contributed by atoms with Crippen LogP contribution in [-0.4, -0.2) is 50.6 Å². The smallest absolute Gasteiger partial charge is 0.137 e. The first kappa shape index (κ1) is 13.6. The van der Waals surface area contributed by atoms with E-state index < -0.39 is 59.8 Å². The number of carbonyl (C=O) groups excluding carboxylic acids is 1. The highest BCUT2D eigenvalue weighted by Crippen LogP contribution is 2.67. The Morgan fingerprint density at radius 3 is 2.73 bits per heavy atom. The van der Waals surface area contributed by atoms with Gasteiger partial charge in [-0.15, -0.1) is 0 Å². The molecule has 5 heteroatoms. The maximum Gasteiger partial charge on any atom is 0.137 e. The quantitative estimate of drug-likeness (QED) is 0.592. The molecule has 0 saturated heterocycles. The number of Topliss-reactive ketones (excluding diaryl/α,β-unsaturated/α-hetero) is 1. The van der Waals surface area contributed by atoms with Crippen LogP contribution >= 0.6 is 0 Å². The summed E-state index contributed by atoms with van der Waals surface area (Å²) in [6.45, 7) is 1.63. The van der Waals surface area contributed by atoms with Gasteiger partial charge in [-0.25, -0.2) is 0 Å². The lowest BCUT2D eigenvalue weighted by Crippen LogP contribution is -2.63. The second-order valence-corrected chi connectivity index (χ2v) is 9.45. The van der Waals surface area contributed by atoms with Gasteiger partial charge in [0.05, 0.1) is 19.7 Å². The van der Waals surface area contributed by atoms with E-state index in [1.54, 1.807) is 13.8 Å². The molecule has 0 heterocycles. The fraction of sp³-hybridized carbons (Fsp3) is 0.952. The molecule has 0 aromatic heterocycles. The van der Waals surface area contributed by atoms with Gasteiger partial charge in [0.15, 0.2) is 0 Å². The number of fused-ring (bicyclic) bond motifs is 5. The fourth-order valence-electron chi connectivity index (χ4n) is 7.03. The van der Waals surface area contributed by atoms with Gasteiger partial charge >= 0.3 is 0 Å². The minimum Gasteiger partial charge on any atom is -0.394 e. The highest BCUT2D eigenvalue weighted by atomic mass is 16.4. The predicted molar refractivity (Wildman–Crippen MR) is 96.2 cm³/mol. The second-order valence-electron chi connectivity index (χ2n) is 9.45. The summed E-state index contributed by atoms with van der Waals surface area (Å²) in [6.07, 6.45) is -6.39. The van der Waals surface area contributed by atoms with E-state index in [2.05, 4.69) is 0 Å². The van der Waals surface area contributed by atoms with Crippen LogP contribution in [0.15, 0.2) is 0 Å². The van der Waals surface area contributed by atoms with E-state index in [1.807, 2.05) is 0 Å². The van der Waals surface area contributed by atoms with Crippen molar-refractivity contribution >= 4 is 5.78 Å². The molecule has 0 bridgehead atoms. The van der Waals surface area contributed by atoms with Gasteiger partial charge in [0.25, 0.3) is 0 Å². The van der Waals surface area contributed by atoms with Gasteiger partial charge in [-0.05, 0) is 68.0 Å². The lowest BCUT2D eigenvalue weighted by molar-refractivity contribution is -0.196. The van der Waals surface area contributed by atoms with Crippen molar-refractivity contribution in [3.05, 3.63) is 0 Å². The standard InChI is InChI=1S/C21H34O5/c1-19-7-5-13(23)9-12(19)3-4-14-15-6-8-21(26,17(25)11-22)20(15,2)10-16(24)18(14)19/h12-15,17-18,22-23,25-26H,3-11H2,1-2H3/t12-,13-,14+,15+,17-,18-,19+,20+,21+/m1/s1/i5D2,9D2,11D/t11?,12-,13-,14+,15+,17-,18-,19+,20+,21+. The molecule has 26 heavy (non-hydrogen) atoms. The van der Waals surface area contributed by atoms with Gasteiger partial charge in [0.1, 0.15) is 11.9 Å². The van der Waals surface area contributed by atoms with E-state index in [4.69, 9.17) is 6.85 Å². The average Bonchev–Trinajstić information content (AvgIpc) is 2.90. The number of hydrogen-bond donors (Lipinski definition) is 4. The second kappa shape index (κ2) is 6.00. The Kier molecular flexibility index (Phi) is 3.15. The molecule has 4 rings (SSSR count). The monoisotopic (exact) mass is 371 g/mol. The molecule has 0 aromatic rings. The van der Waals surface area contributed by atoms with Gasteiger partial charge in [-0.1, -0.05) is 13.8 Å². The van der Waals surface area contributed by atoms with Crippen LogP contribution in [0.1, 0.15) is 72.0 Å². The van der Waals surface area contributed by atoms with Crippen molar-refractivity contribution in [3.63, 3.8) is 0 Å². The van der Waals surface area contributed by atoms with Crippen LogP contribution in [0.3, 0.4) is 0 Å². The van der Waals surface area contributed by atoms with Gasteiger partial charge in [-0.2, -0.15) is 0 Å². The van der Waals surface area contributed by atoms with Crippen LogP contribution in [0.25, 0.3) is 0 Å². The minimum absolute atomic E-state index is 0.0734. The van der Waals surface area contributed by atoms with E-state index in [1.165, 1.54) is 0 Å². The maximum atomic E-state index is 13.6. The third kappa shape index (κ3) is 2.27. The zero-order chi connectivity index (χ0) is 23.4. The Bertz CT molecular complexity index is 777. The number of aliphatic hydroxyl groups excluding tert-OH is 3. The summed E-state index contributed by atoms with van der Waals surface area (Å²) in [7, 11) is 0. The molecular weight excluding hydrogens is 332 g/mol. The van der Waals surface area contributed by atoms with E-state index in [0.29, 0.717) is 19.3 Å². The summed E-state index contributed by atoms with van der Waals surface area (Å²) < 4.78 is 41.1. The van der Waals surface area contributed by atoms with Crippen molar-refractivity contribution in [2.24, 2.45) is 34.5 Å². The first-order valence-corrected chi connectivity index (χ1v) is 9.75. The normalized spacial score (nSPS) is 62.9. The molecule has 4 fully saturated rings. The van der Waals surface area contributed by atoms with Crippen molar-refractivity contribution in [3.8, 4) is 0 Å². The Balaban J connectivity index is 1.75. The molecule has 4 saturated carbocycles. The predicted octanol–water partition coefficient (Wildman–Crippen LogP) is 1.65. The lowest BCUT2D eigenvalue weighted by atomic mass is 9.44. The number of rotatable bonds is 2. The summed E-state index contributed by atoms with van der Waals surface area (Å²) >= 11 is 0. The zero-order valence-electron chi connectivity index (χ0n) is 20.5. The minimum atomic E-state index is -2.17. The Morgan fingerprint density at radius 2 is 2.04 bits per heavy atom. The topological polar surface area (TPSA) is 98.0 Å². The van der Waals surface area contributed by atoms with E-state index in [-0.39, 0.29) is 36.9 Å². The van der Waals surface area contributed by atoms with Crippen molar-refractivity contribution in [2.75, 3.05) is 6.58 Å². The molecule has 4 N–H and O–H groups in total. The summed E-state index contributed by atoms with van der Waals surface area (Å²) in [4.78, 5) is 13.6. The van der Waals surface area contributed by atoms with Gasteiger partial charge < -0.3 is 20.4 Å². The fourth-order valence-corrected chi connectivity index (χ4v) is 7.03. The van der Waals surface area contributed by atoms with Crippen LogP contribution in [0, 0.1) is 34.5 Å². The molecule has 0 amide bonds. The van der Waals surface area contributed by atoms with E-state index in [0.717, 1.165) is 0 Å². The van der Waals surface area contributed by atoms with Crippen LogP contribution in [0.5, 0.6) is 0 Å². The van der Waals surface area contributed by atoms with Gasteiger partial charge in [0, 0.05) is 23.2 Å². The molecule has 10 atom stereocenters. The maximum absolute atomic E-state index is 13.6. The molecule has 148 valence electrons. The van der Waals surface area contributed by atoms with Crippen molar-refractivity contribution in [1.82, 2.24) is 0 Å². The molecule has 0 radical (unpaired) electrons. The summed E-state index contributed by atoms with van der Waals surface area (Å²) in [6, 6.07) is 0. The molecule has 0 aromatic carbocycles. The molecule has 0 spiro atoms. The number of carbonyl (C=O) groups is 1.